The Labute approximate surface area is 121 Å². The van der Waals surface area contributed by atoms with Gasteiger partial charge in [-0.2, -0.15) is 0 Å². The van der Waals surface area contributed by atoms with E-state index in [4.69, 9.17) is 4.74 Å². The van der Waals surface area contributed by atoms with Crippen molar-refractivity contribution >= 4 is 15.9 Å². The summed E-state index contributed by atoms with van der Waals surface area (Å²) < 4.78 is 19.7. The highest BCUT2D eigenvalue weighted by Gasteiger charge is 2.12. The van der Waals surface area contributed by atoms with Gasteiger partial charge in [0.15, 0.2) is 11.6 Å². The van der Waals surface area contributed by atoms with Gasteiger partial charge in [-0.1, -0.05) is 34.1 Å². The fraction of sp³-hybridized carbons (Fsp3) is 0.250. The number of hydrogen-bond acceptors (Lipinski definition) is 1. The lowest BCUT2D eigenvalue weighted by Crippen LogP contribution is -1.96. The van der Waals surface area contributed by atoms with Crippen molar-refractivity contribution in [3.63, 3.8) is 0 Å². The molecule has 0 bridgehead atoms. The molecule has 100 valence electrons. The van der Waals surface area contributed by atoms with Crippen molar-refractivity contribution in [2.75, 3.05) is 0 Å². The molecule has 0 N–H and O–H groups in total. The summed E-state index contributed by atoms with van der Waals surface area (Å²) in [6, 6.07) is 8.99. The zero-order chi connectivity index (χ0) is 14.0. The molecular formula is C16H16BrFO. The fourth-order valence-electron chi connectivity index (χ4n) is 1.99. The normalized spacial score (nSPS) is 10.6. The second-order valence-corrected chi connectivity index (χ2v) is 5.23. The van der Waals surface area contributed by atoms with E-state index in [1.807, 2.05) is 32.9 Å². The highest BCUT2D eigenvalue weighted by molar-refractivity contribution is 9.08. The molecule has 0 aliphatic heterocycles. The minimum Gasteiger partial charge on any atom is -0.454 e. The number of rotatable bonds is 3. The van der Waals surface area contributed by atoms with Gasteiger partial charge in [-0.25, -0.2) is 4.39 Å². The summed E-state index contributed by atoms with van der Waals surface area (Å²) in [7, 11) is 0. The van der Waals surface area contributed by atoms with Crippen molar-refractivity contribution in [2.24, 2.45) is 0 Å². The van der Waals surface area contributed by atoms with Crippen LogP contribution in [0.15, 0.2) is 30.3 Å². The standard InChI is InChI=1S/C16H16BrFO/c1-10-7-11(2)12(3)15(8-10)19-16-13(9-17)5-4-6-14(16)18/h4-8H,9H2,1-3H3. The molecule has 0 atom stereocenters. The molecule has 0 aliphatic rings. The molecule has 0 spiro atoms. The summed E-state index contributed by atoms with van der Waals surface area (Å²) in [5, 5.41) is 0.559. The van der Waals surface area contributed by atoms with Crippen molar-refractivity contribution in [3.05, 3.63) is 58.4 Å². The number of halogens is 2. The molecule has 0 radical (unpaired) electrons. The second kappa shape index (κ2) is 5.74. The van der Waals surface area contributed by atoms with E-state index in [-0.39, 0.29) is 5.82 Å². The molecule has 0 aliphatic carbocycles. The Hall–Kier alpha value is -1.35. The van der Waals surface area contributed by atoms with E-state index < -0.39 is 0 Å². The van der Waals surface area contributed by atoms with Gasteiger partial charge in [-0.05, 0) is 49.6 Å². The third kappa shape index (κ3) is 2.98. The zero-order valence-corrected chi connectivity index (χ0v) is 12.8. The van der Waals surface area contributed by atoms with Crippen LogP contribution >= 0.6 is 15.9 Å². The Morgan fingerprint density at radius 3 is 2.58 bits per heavy atom. The lowest BCUT2D eigenvalue weighted by Gasteiger charge is -2.14. The van der Waals surface area contributed by atoms with Gasteiger partial charge >= 0.3 is 0 Å². The van der Waals surface area contributed by atoms with Crippen LogP contribution < -0.4 is 4.74 Å². The highest BCUT2D eigenvalue weighted by atomic mass is 79.9. The Kier molecular flexibility index (Phi) is 4.25. The smallest absolute Gasteiger partial charge is 0.167 e. The van der Waals surface area contributed by atoms with E-state index in [9.17, 15) is 4.39 Å². The van der Waals surface area contributed by atoms with Gasteiger partial charge in [0.25, 0.3) is 0 Å². The van der Waals surface area contributed by atoms with E-state index in [1.54, 1.807) is 6.07 Å². The first-order valence-corrected chi connectivity index (χ1v) is 7.24. The lowest BCUT2D eigenvalue weighted by atomic mass is 10.1. The molecule has 0 saturated heterocycles. The third-order valence-electron chi connectivity index (χ3n) is 3.17. The van der Waals surface area contributed by atoms with Crippen LogP contribution in [0.5, 0.6) is 11.5 Å². The van der Waals surface area contributed by atoms with Crippen LogP contribution in [0, 0.1) is 26.6 Å². The van der Waals surface area contributed by atoms with Gasteiger partial charge < -0.3 is 4.74 Å². The Morgan fingerprint density at radius 2 is 1.89 bits per heavy atom. The van der Waals surface area contributed by atoms with Crippen molar-refractivity contribution in [2.45, 2.75) is 26.1 Å². The second-order valence-electron chi connectivity index (χ2n) is 4.67. The van der Waals surface area contributed by atoms with Crippen LogP contribution in [0.2, 0.25) is 0 Å². The number of para-hydroxylation sites is 1. The number of benzene rings is 2. The first-order valence-electron chi connectivity index (χ1n) is 6.12. The Balaban J connectivity index is 2.47. The van der Waals surface area contributed by atoms with Crippen molar-refractivity contribution in [1.29, 1.82) is 0 Å². The Morgan fingerprint density at radius 1 is 1.16 bits per heavy atom. The lowest BCUT2D eigenvalue weighted by molar-refractivity contribution is 0.435. The van der Waals surface area contributed by atoms with Crippen LogP contribution in [0.1, 0.15) is 22.3 Å². The summed E-state index contributed by atoms with van der Waals surface area (Å²) >= 11 is 3.36. The van der Waals surface area contributed by atoms with Crippen molar-refractivity contribution in [1.82, 2.24) is 0 Å². The van der Waals surface area contributed by atoms with Gasteiger partial charge in [-0.15, -0.1) is 0 Å². The SMILES string of the molecule is Cc1cc(C)c(C)c(Oc2c(F)cccc2CBr)c1. The van der Waals surface area contributed by atoms with E-state index in [1.165, 1.54) is 6.07 Å². The molecule has 2 rings (SSSR count). The molecule has 0 heterocycles. The van der Waals surface area contributed by atoms with E-state index in [2.05, 4.69) is 22.0 Å². The van der Waals surface area contributed by atoms with Crippen LogP contribution in [0.4, 0.5) is 4.39 Å². The minimum absolute atomic E-state index is 0.299. The summed E-state index contributed by atoms with van der Waals surface area (Å²) in [5.74, 6) is 0.674. The molecule has 0 amide bonds. The molecule has 0 saturated carbocycles. The summed E-state index contributed by atoms with van der Waals surface area (Å²) in [6.07, 6.45) is 0. The molecular weight excluding hydrogens is 307 g/mol. The number of hydrogen-bond donors (Lipinski definition) is 0. The van der Waals surface area contributed by atoms with E-state index >= 15 is 0 Å². The van der Waals surface area contributed by atoms with Crippen LogP contribution in [0.25, 0.3) is 0 Å². The number of alkyl halides is 1. The van der Waals surface area contributed by atoms with E-state index in [0.717, 1.165) is 22.3 Å². The van der Waals surface area contributed by atoms with Crippen LogP contribution in [-0.2, 0) is 5.33 Å². The highest BCUT2D eigenvalue weighted by Crippen LogP contribution is 2.33. The third-order valence-corrected chi connectivity index (χ3v) is 3.77. The predicted molar refractivity (Wildman–Crippen MR) is 79.8 cm³/mol. The van der Waals surface area contributed by atoms with E-state index in [0.29, 0.717) is 16.8 Å². The predicted octanol–water partition coefficient (Wildman–Crippen LogP) is 5.44. The average Bonchev–Trinajstić information content (AvgIpc) is 2.37. The van der Waals surface area contributed by atoms with Crippen LogP contribution in [-0.4, -0.2) is 0 Å². The molecule has 19 heavy (non-hydrogen) atoms. The molecule has 0 fully saturated rings. The number of aryl methyl sites for hydroxylation is 2. The summed E-state index contributed by atoms with van der Waals surface area (Å²) in [5.41, 5.74) is 4.09. The molecule has 1 nitrogen and oxygen atoms in total. The fourth-order valence-corrected chi connectivity index (χ4v) is 2.43. The van der Waals surface area contributed by atoms with Gasteiger partial charge in [0.1, 0.15) is 5.75 Å². The first-order chi connectivity index (χ1) is 9.02. The maximum absolute atomic E-state index is 13.9. The van der Waals surface area contributed by atoms with Crippen molar-refractivity contribution < 1.29 is 9.13 Å². The molecule has 0 aromatic heterocycles. The molecule has 2 aromatic carbocycles. The minimum atomic E-state index is -0.337. The number of ether oxygens (including phenoxy) is 1. The molecule has 2 aromatic rings. The molecule has 3 heteroatoms. The Bertz CT molecular complexity index is 608. The summed E-state index contributed by atoms with van der Waals surface area (Å²) in [6.45, 7) is 6.02. The van der Waals surface area contributed by atoms with Gasteiger partial charge in [0, 0.05) is 10.9 Å². The molecule has 0 unspecified atom stereocenters. The monoisotopic (exact) mass is 322 g/mol. The maximum atomic E-state index is 13.9. The van der Waals surface area contributed by atoms with Gasteiger partial charge in [0.2, 0.25) is 0 Å². The summed E-state index contributed by atoms with van der Waals surface area (Å²) in [4.78, 5) is 0. The zero-order valence-electron chi connectivity index (χ0n) is 11.3. The average molecular weight is 323 g/mol. The quantitative estimate of drug-likeness (QED) is 0.684. The van der Waals surface area contributed by atoms with Gasteiger partial charge in [-0.3, -0.25) is 0 Å². The maximum Gasteiger partial charge on any atom is 0.167 e. The van der Waals surface area contributed by atoms with Crippen LogP contribution in [0.3, 0.4) is 0 Å². The first kappa shape index (κ1) is 14.1. The largest absolute Gasteiger partial charge is 0.454 e. The van der Waals surface area contributed by atoms with Gasteiger partial charge in [0.05, 0.1) is 0 Å². The van der Waals surface area contributed by atoms with Crippen molar-refractivity contribution in [3.8, 4) is 11.5 Å². The topological polar surface area (TPSA) is 9.23 Å².